The van der Waals surface area contributed by atoms with Gasteiger partial charge in [0.2, 0.25) is 0 Å². The maximum atomic E-state index is 13.4. The van der Waals surface area contributed by atoms with Gasteiger partial charge in [-0.1, -0.05) is 20.3 Å². The molecule has 1 atom stereocenters. The van der Waals surface area contributed by atoms with Crippen molar-refractivity contribution in [3.63, 3.8) is 0 Å². The molecule has 0 aliphatic carbocycles. The van der Waals surface area contributed by atoms with Gasteiger partial charge in [0.1, 0.15) is 12.4 Å². The first-order valence-electron chi connectivity index (χ1n) is 10.6. The van der Waals surface area contributed by atoms with Gasteiger partial charge in [-0.2, -0.15) is 0 Å². The van der Waals surface area contributed by atoms with Crippen LogP contribution in [-0.2, 0) is 34.7 Å². The van der Waals surface area contributed by atoms with E-state index >= 15 is 0 Å². The summed E-state index contributed by atoms with van der Waals surface area (Å²) in [6.45, 7) is 4.11. The molecule has 0 fully saturated rings. The third-order valence-corrected chi connectivity index (χ3v) is 6.51. The van der Waals surface area contributed by atoms with E-state index in [1.165, 1.54) is 0 Å². The highest BCUT2D eigenvalue weighted by molar-refractivity contribution is 5.90. The third kappa shape index (κ3) is 2.66. The van der Waals surface area contributed by atoms with Crippen molar-refractivity contribution < 1.29 is 19.4 Å². The van der Waals surface area contributed by atoms with Crippen LogP contribution in [0.25, 0.3) is 22.3 Å². The predicted octanol–water partition coefficient (Wildman–Crippen LogP) is 3.04. The molecule has 0 saturated heterocycles. The molecule has 0 bridgehead atoms. The minimum absolute atomic E-state index is 0.125. The Bertz CT molecular complexity index is 1310. The Morgan fingerprint density at radius 1 is 1.23 bits per heavy atom. The fourth-order valence-electron chi connectivity index (χ4n) is 4.80. The lowest BCUT2D eigenvalue weighted by Gasteiger charge is -2.31. The zero-order chi connectivity index (χ0) is 21.9. The summed E-state index contributed by atoms with van der Waals surface area (Å²) in [5, 5.41) is 12.0. The minimum atomic E-state index is -1.82. The molecule has 0 spiro atoms. The highest BCUT2D eigenvalue weighted by Gasteiger charge is 2.45. The zero-order valence-corrected chi connectivity index (χ0v) is 17.8. The summed E-state index contributed by atoms with van der Waals surface area (Å²) in [5.74, 6) is 0.0497. The number of methoxy groups -OCH3 is 1. The van der Waals surface area contributed by atoms with Crippen molar-refractivity contribution in [2.24, 2.45) is 0 Å². The Kier molecular flexibility index (Phi) is 4.41. The van der Waals surface area contributed by atoms with Crippen molar-refractivity contribution >= 4 is 16.9 Å². The van der Waals surface area contributed by atoms with E-state index in [4.69, 9.17) is 14.5 Å². The number of carbonyl (C=O) groups excluding carboxylic acids is 1. The fourth-order valence-corrected chi connectivity index (χ4v) is 4.80. The lowest BCUT2D eigenvalue weighted by molar-refractivity contribution is -0.172. The van der Waals surface area contributed by atoms with Crippen LogP contribution in [0.2, 0.25) is 0 Å². The molecule has 4 heterocycles. The number of hydrogen-bond donors (Lipinski definition) is 1. The number of aliphatic hydroxyl groups is 1. The number of aromatic nitrogens is 2. The Morgan fingerprint density at radius 3 is 2.74 bits per heavy atom. The first-order chi connectivity index (χ1) is 14.9. The van der Waals surface area contributed by atoms with E-state index in [0.717, 1.165) is 46.3 Å². The predicted molar refractivity (Wildman–Crippen MR) is 115 cm³/mol. The Hall–Kier alpha value is -3.19. The second-order valence-corrected chi connectivity index (χ2v) is 8.15. The van der Waals surface area contributed by atoms with E-state index in [1.54, 1.807) is 24.7 Å². The van der Waals surface area contributed by atoms with E-state index in [9.17, 15) is 14.7 Å². The molecule has 0 amide bonds. The highest BCUT2D eigenvalue weighted by Crippen LogP contribution is 2.40. The molecule has 7 heteroatoms. The number of benzene rings is 1. The average molecular weight is 420 g/mol. The highest BCUT2D eigenvalue weighted by atomic mass is 16.6. The topological polar surface area (TPSA) is 90.6 Å². The van der Waals surface area contributed by atoms with E-state index in [-0.39, 0.29) is 18.6 Å². The summed E-state index contributed by atoms with van der Waals surface area (Å²) >= 11 is 0. The van der Waals surface area contributed by atoms with Gasteiger partial charge in [0.05, 0.1) is 36.1 Å². The molecule has 7 nitrogen and oxygen atoms in total. The molecule has 160 valence electrons. The lowest BCUT2D eigenvalue weighted by Crippen LogP contribution is -2.44. The van der Waals surface area contributed by atoms with Crippen LogP contribution < -0.4 is 10.3 Å². The molecule has 0 unspecified atom stereocenters. The number of rotatable bonds is 4. The van der Waals surface area contributed by atoms with Crippen molar-refractivity contribution in [1.82, 2.24) is 9.55 Å². The smallest absolute Gasteiger partial charge is 0.343 e. The first kappa shape index (κ1) is 19.8. The second-order valence-electron chi connectivity index (χ2n) is 8.15. The van der Waals surface area contributed by atoms with Crippen LogP contribution in [0, 0.1) is 0 Å². The number of pyridine rings is 2. The summed E-state index contributed by atoms with van der Waals surface area (Å²) in [6.07, 6.45) is 1.92. The maximum absolute atomic E-state index is 13.4. The van der Waals surface area contributed by atoms with Crippen molar-refractivity contribution in [2.75, 3.05) is 7.11 Å². The number of esters is 1. The number of hydrogen-bond acceptors (Lipinski definition) is 6. The SMILES string of the molecule is CCCc1c2c(nc3ccc(OC)cc13)-c1cc3c(c(=O)n1C2)COC(=O)[C@]3(O)CC. The summed E-state index contributed by atoms with van der Waals surface area (Å²) < 4.78 is 12.2. The molecule has 31 heavy (non-hydrogen) atoms. The molecule has 0 saturated carbocycles. The van der Waals surface area contributed by atoms with Gasteiger partial charge >= 0.3 is 5.97 Å². The summed E-state index contributed by atoms with van der Waals surface area (Å²) in [7, 11) is 1.64. The van der Waals surface area contributed by atoms with Crippen LogP contribution in [0.5, 0.6) is 5.75 Å². The summed E-state index contributed by atoms with van der Waals surface area (Å²) in [5.41, 5.74) is 2.97. The van der Waals surface area contributed by atoms with Gasteiger partial charge in [-0.3, -0.25) is 4.79 Å². The number of ether oxygens (including phenoxy) is 2. The summed E-state index contributed by atoms with van der Waals surface area (Å²) in [4.78, 5) is 30.6. The number of carbonyl (C=O) groups is 1. The molecule has 2 aliphatic heterocycles. The number of fused-ring (bicyclic) bond motifs is 5. The molecular formula is C24H24N2O5. The molecule has 3 aromatic rings. The van der Waals surface area contributed by atoms with E-state index < -0.39 is 11.6 Å². The lowest BCUT2D eigenvalue weighted by atomic mass is 9.86. The monoisotopic (exact) mass is 420 g/mol. The molecule has 5 rings (SSSR count). The van der Waals surface area contributed by atoms with Crippen LogP contribution in [0.15, 0.2) is 29.1 Å². The van der Waals surface area contributed by atoms with Crippen LogP contribution in [0.3, 0.4) is 0 Å². The fraction of sp³-hybridized carbons (Fsp3) is 0.375. The van der Waals surface area contributed by atoms with E-state index in [2.05, 4.69) is 6.92 Å². The van der Waals surface area contributed by atoms with E-state index in [1.807, 2.05) is 18.2 Å². The maximum Gasteiger partial charge on any atom is 0.343 e. The number of nitrogens with zero attached hydrogens (tertiary/aromatic N) is 2. The van der Waals surface area contributed by atoms with Crippen molar-refractivity contribution in [3.05, 3.63) is 56.9 Å². The Morgan fingerprint density at radius 2 is 2.03 bits per heavy atom. The normalized spacial score (nSPS) is 19.0. The minimum Gasteiger partial charge on any atom is -0.497 e. The molecule has 1 N–H and O–H groups in total. The first-order valence-corrected chi connectivity index (χ1v) is 10.6. The molecule has 2 aliphatic rings. The number of cyclic esters (lactones) is 1. The molecule has 2 aromatic heterocycles. The molecule has 1 aromatic carbocycles. The Labute approximate surface area is 179 Å². The van der Waals surface area contributed by atoms with E-state index in [0.29, 0.717) is 23.4 Å². The van der Waals surface area contributed by atoms with Gasteiger partial charge in [-0.15, -0.1) is 0 Å². The zero-order valence-electron chi connectivity index (χ0n) is 17.8. The summed E-state index contributed by atoms with van der Waals surface area (Å²) in [6, 6.07) is 7.54. The van der Waals surface area contributed by atoms with Gasteiger partial charge < -0.3 is 19.1 Å². The standard InChI is InChI=1S/C24H24N2O5/c1-4-6-14-15-9-13(30-3)7-8-19(15)25-21-16(14)11-26-20(21)10-18-17(22(26)27)12-31-23(28)24(18,29)5-2/h7-10,29H,4-6,11-12H2,1-3H3/t24-/m0/s1. The largest absolute Gasteiger partial charge is 0.497 e. The van der Waals surface area contributed by atoms with Crippen molar-refractivity contribution in [3.8, 4) is 17.1 Å². The third-order valence-electron chi connectivity index (χ3n) is 6.51. The van der Waals surface area contributed by atoms with Crippen LogP contribution in [0.4, 0.5) is 0 Å². The molecular weight excluding hydrogens is 396 g/mol. The van der Waals surface area contributed by atoms with Crippen LogP contribution in [-0.4, -0.2) is 27.7 Å². The van der Waals surface area contributed by atoms with Crippen LogP contribution in [0.1, 0.15) is 48.9 Å². The number of aryl methyl sites for hydroxylation is 1. The quantitative estimate of drug-likeness (QED) is 0.511. The van der Waals surface area contributed by atoms with Crippen LogP contribution >= 0.6 is 0 Å². The van der Waals surface area contributed by atoms with Gasteiger partial charge in [0.15, 0.2) is 5.60 Å². The Balaban J connectivity index is 1.81. The van der Waals surface area contributed by atoms with Gasteiger partial charge in [-0.05, 0) is 42.7 Å². The second kappa shape index (κ2) is 6.92. The van der Waals surface area contributed by atoms with Crippen molar-refractivity contribution in [1.29, 1.82) is 0 Å². The van der Waals surface area contributed by atoms with Gasteiger partial charge in [0.25, 0.3) is 5.56 Å². The van der Waals surface area contributed by atoms with Gasteiger partial charge in [-0.25, -0.2) is 9.78 Å². The van der Waals surface area contributed by atoms with Crippen molar-refractivity contribution in [2.45, 2.75) is 51.9 Å². The van der Waals surface area contributed by atoms with Gasteiger partial charge in [0, 0.05) is 16.5 Å². The molecule has 0 radical (unpaired) electrons. The average Bonchev–Trinajstić information content (AvgIpc) is 3.15.